The van der Waals surface area contributed by atoms with Gasteiger partial charge in [-0.3, -0.25) is 0 Å². The maximum absolute atomic E-state index is 9.58. The largest absolute Gasteiger partial charge is 0.505 e. The lowest BCUT2D eigenvalue weighted by molar-refractivity contribution is 0.476. The third-order valence-electron chi connectivity index (χ3n) is 2.93. The van der Waals surface area contributed by atoms with E-state index in [2.05, 4.69) is 18.7 Å². The van der Waals surface area contributed by atoms with Crippen molar-refractivity contribution in [3.05, 3.63) is 22.2 Å². The molecule has 0 radical (unpaired) electrons. The van der Waals surface area contributed by atoms with Gasteiger partial charge >= 0.3 is 0 Å². The molecule has 0 saturated heterocycles. The molecule has 4 heteroatoms. The van der Waals surface area contributed by atoms with E-state index in [9.17, 15) is 5.11 Å². The zero-order chi connectivity index (χ0) is 13.5. The molecular formula is C14H21Cl2NO. The third kappa shape index (κ3) is 4.25. The lowest BCUT2D eigenvalue weighted by Crippen LogP contribution is -2.25. The van der Waals surface area contributed by atoms with E-state index in [4.69, 9.17) is 23.2 Å². The van der Waals surface area contributed by atoms with E-state index in [1.807, 2.05) is 0 Å². The van der Waals surface area contributed by atoms with Crippen LogP contribution in [0.2, 0.25) is 10.0 Å². The number of aromatic hydroxyl groups is 1. The van der Waals surface area contributed by atoms with E-state index in [1.54, 1.807) is 12.1 Å². The van der Waals surface area contributed by atoms with Gasteiger partial charge in [-0.05, 0) is 25.0 Å². The number of hydrogen-bond acceptors (Lipinski definition) is 2. The SMILES string of the molecule is CCCCN(CCCC)c1cc(Cl)c(O)c(Cl)c1. The molecule has 0 atom stereocenters. The smallest absolute Gasteiger partial charge is 0.152 e. The van der Waals surface area contributed by atoms with Crippen molar-refractivity contribution in [2.45, 2.75) is 39.5 Å². The lowest BCUT2D eigenvalue weighted by atomic mass is 10.2. The van der Waals surface area contributed by atoms with E-state index in [0.29, 0.717) is 10.0 Å². The highest BCUT2D eigenvalue weighted by Crippen LogP contribution is 2.36. The fraction of sp³-hybridized carbons (Fsp3) is 0.571. The maximum atomic E-state index is 9.58. The Morgan fingerprint density at radius 1 is 1.00 bits per heavy atom. The number of hydrogen-bond donors (Lipinski definition) is 1. The van der Waals surface area contributed by atoms with E-state index >= 15 is 0 Å². The van der Waals surface area contributed by atoms with Crippen molar-refractivity contribution in [2.75, 3.05) is 18.0 Å². The zero-order valence-corrected chi connectivity index (χ0v) is 12.6. The molecule has 1 aromatic carbocycles. The minimum Gasteiger partial charge on any atom is -0.505 e. The van der Waals surface area contributed by atoms with Crippen LogP contribution in [0.4, 0.5) is 5.69 Å². The van der Waals surface area contributed by atoms with Crippen molar-refractivity contribution in [3.8, 4) is 5.75 Å². The molecule has 0 amide bonds. The Morgan fingerprint density at radius 3 is 1.83 bits per heavy atom. The monoisotopic (exact) mass is 289 g/mol. The first kappa shape index (κ1) is 15.5. The van der Waals surface area contributed by atoms with Gasteiger partial charge < -0.3 is 10.0 Å². The highest BCUT2D eigenvalue weighted by Gasteiger charge is 2.11. The van der Waals surface area contributed by atoms with Crippen LogP contribution in [0.3, 0.4) is 0 Å². The summed E-state index contributed by atoms with van der Waals surface area (Å²) in [5.74, 6) is -0.0342. The van der Waals surface area contributed by atoms with Gasteiger partial charge in [0.25, 0.3) is 0 Å². The summed E-state index contributed by atoms with van der Waals surface area (Å²) in [6, 6.07) is 3.57. The number of nitrogens with zero attached hydrogens (tertiary/aromatic N) is 1. The minimum absolute atomic E-state index is 0.0342. The number of phenols is 1. The normalized spacial score (nSPS) is 10.7. The first-order chi connectivity index (χ1) is 8.60. The van der Waals surface area contributed by atoms with Crippen LogP contribution in [-0.4, -0.2) is 18.2 Å². The molecule has 0 fully saturated rings. The average molecular weight is 290 g/mol. The summed E-state index contributed by atoms with van der Waals surface area (Å²) in [4.78, 5) is 2.28. The number of benzene rings is 1. The predicted octanol–water partition coefficient (Wildman–Crippen LogP) is 5.11. The van der Waals surface area contributed by atoms with Crippen LogP contribution in [0, 0.1) is 0 Å². The van der Waals surface area contributed by atoms with Gasteiger partial charge in [0.1, 0.15) is 0 Å². The Balaban J connectivity index is 2.89. The summed E-state index contributed by atoms with van der Waals surface area (Å²) in [6.45, 7) is 6.34. The van der Waals surface area contributed by atoms with Crippen molar-refractivity contribution >= 4 is 28.9 Å². The average Bonchev–Trinajstić information content (AvgIpc) is 2.35. The molecule has 0 aromatic heterocycles. The summed E-state index contributed by atoms with van der Waals surface area (Å²) in [7, 11) is 0. The van der Waals surface area contributed by atoms with Crippen LogP contribution < -0.4 is 4.90 Å². The van der Waals surface area contributed by atoms with Crippen LogP contribution in [0.5, 0.6) is 5.75 Å². The predicted molar refractivity (Wildman–Crippen MR) is 80.2 cm³/mol. The van der Waals surface area contributed by atoms with E-state index in [-0.39, 0.29) is 5.75 Å². The highest BCUT2D eigenvalue weighted by molar-refractivity contribution is 6.37. The lowest BCUT2D eigenvalue weighted by Gasteiger charge is -2.25. The zero-order valence-electron chi connectivity index (χ0n) is 11.0. The summed E-state index contributed by atoms with van der Waals surface area (Å²) in [5.41, 5.74) is 0.990. The topological polar surface area (TPSA) is 23.5 Å². The Bertz CT molecular complexity index is 351. The molecule has 0 saturated carbocycles. The maximum Gasteiger partial charge on any atom is 0.152 e. The van der Waals surface area contributed by atoms with Gasteiger partial charge in [0.2, 0.25) is 0 Å². The van der Waals surface area contributed by atoms with Gasteiger partial charge in [-0.15, -0.1) is 0 Å². The number of unbranched alkanes of at least 4 members (excludes halogenated alkanes) is 2. The Kier molecular flexibility index (Phi) is 6.66. The van der Waals surface area contributed by atoms with Gasteiger partial charge in [0.05, 0.1) is 10.0 Å². The molecule has 0 unspecified atom stereocenters. The van der Waals surface area contributed by atoms with Crippen molar-refractivity contribution in [1.29, 1.82) is 0 Å². The highest BCUT2D eigenvalue weighted by atomic mass is 35.5. The standard InChI is InChI=1S/C14H21Cl2NO/c1-3-5-7-17(8-6-4-2)11-9-12(15)14(18)13(16)10-11/h9-10,18H,3-8H2,1-2H3. The molecule has 1 rings (SSSR count). The Hall–Kier alpha value is -0.600. The molecule has 102 valence electrons. The van der Waals surface area contributed by atoms with Gasteiger partial charge in [0, 0.05) is 18.8 Å². The molecule has 0 aliphatic rings. The van der Waals surface area contributed by atoms with Gasteiger partial charge in [-0.1, -0.05) is 49.9 Å². The quantitative estimate of drug-likeness (QED) is 0.754. The van der Waals surface area contributed by atoms with E-state index in [1.165, 1.54) is 0 Å². The van der Waals surface area contributed by atoms with Crippen LogP contribution >= 0.6 is 23.2 Å². The summed E-state index contributed by atoms with van der Waals surface area (Å²) >= 11 is 11.9. The number of anilines is 1. The molecule has 0 aliphatic heterocycles. The first-order valence-electron chi connectivity index (χ1n) is 6.53. The van der Waals surface area contributed by atoms with Crippen molar-refractivity contribution in [1.82, 2.24) is 0 Å². The fourth-order valence-corrected chi connectivity index (χ4v) is 2.28. The molecule has 0 spiro atoms. The van der Waals surface area contributed by atoms with Crippen LogP contribution in [0.1, 0.15) is 39.5 Å². The second-order valence-electron chi connectivity index (χ2n) is 4.45. The molecular weight excluding hydrogens is 269 g/mol. The van der Waals surface area contributed by atoms with Gasteiger partial charge in [-0.25, -0.2) is 0 Å². The second kappa shape index (κ2) is 7.75. The van der Waals surface area contributed by atoms with Crippen LogP contribution in [0.15, 0.2) is 12.1 Å². The number of phenolic OH excluding ortho intramolecular Hbond substituents is 1. The third-order valence-corrected chi connectivity index (χ3v) is 3.51. The van der Waals surface area contributed by atoms with Gasteiger partial charge in [0.15, 0.2) is 5.75 Å². The van der Waals surface area contributed by atoms with Crippen LogP contribution in [-0.2, 0) is 0 Å². The summed E-state index contributed by atoms with van der Waals surface area (Å²) in [6.07, 6.45) is 4.59. The van der Waals surface area contributed by atoms with Crippen molar-refractivity contribution in [2.24, 2.45) is 0 Å². The molecule has 18 heavy (non-hydrogen) atoms. The molecule has 0 heterocycles. The first-order valence-corrected chi connectivity index (χ1v) is 7.28. The fourth-order valence-electron chi connectivity index (χ4n) is 1.80. The van der Waals surface area contributed by atoms with E-state index in [0.717, 1.165) is 44.5 Å². The molecule has 2 nitrogen and oxygen atoms in total. The van der Waals surface area contributed by atoms with Crippen LogP contribution in [0.25, 0.3) is 0 Å². The number of halogens is 2. The molecule has 0 bridgehead atoms. The second-order valence-corrected chi connectivity index (χ2v) is 5.27. The Labute approximate surface area is 120 Å². The molecule has 0 aliphatic carbocycles. The summed E-state index contributed by atoms with van der Waals surface area (Å²) < 4.78 is 0. The van der Waals surface area contributed by atoms with Gasteiger partial charge in [-0.2, -0.15) is 0 Å². The van der Waals surface area contributed by atoms with E-state index < -0.39 is 0 Å². The van der Waals surface area contributed by atoms with Crippen molar-refractivity contribution < 1.29 is 5.11 Å². The van der Waals surface area contributed by atoms with Crippen molar-refractivity contribution in [3.63, 3.8) is 0 Å². The molecule has 1 N–H and O–H groups in total. The summed E-state index contributed by atoms with van der Waals surface area (Å²) in [5, 5.41) is 10.2. The Morgan fingerprint density at radius 2 is 1.44 bits per heavy atom. The molecule has 1 aromatic rings. The number of rotatable bonds is 7. The minimum atomic E-state index is -0.0342.